The van der Waals surface area contributed by atoms with E-state index in [-0.39, 0.29) is 18.0 Å². The Bertz CT molecular complexity index is 1190. The highest BCUT2D eigenvalue weighted by molar-refractivity contribution is 5.95. The molecule has 0 aliphatic rings. The van der Waals surface area contributed by atoms with E-state index in [0.717, 1.165) is 21.4 Å². The zero-order valence-electron chi connectivity index (χ0n) is 15.5. The van der Waals surface area contributed by atoms with Gasteiger partial charge >= 0.3 is 0 Å². The number of hydrogen-bond donors (Lipinski definition) is 1. The Morgan fingerprint density at radius 1 is 0.828 bits per heavy atom. The molecule has 0 atom stereocenters. The molecule has 0 spiro atoms. The van der Waals surface area contributed by atoms with Crippen LogP contribution >= 0.6 is 0 Å². The van der Waals surface area contributed by atoms with Crippen molar-refractivity contribution in [3.63, 3.8) is 0 Å². The van der Waals surface area contributed by atoms with Crippen LogP contribution in [-0.4, -0.2) is 20.7 Å². The molecule has 0 bridgehead atoms. The maximum atomic E-state index is 12.6. The average Bonchev–Trinajstić information content (AvgIpc) is 2.77. The van der Waals surface area contributed by atoms with Crippen molar-refractivity contribution in [2.24, 2.45) is 0 Å². The summed E-state index contributed by atoms with van der Waals surface area (Å²) >= 11 is 0. The Balaban J connectivity index is 1.57. The first-order chi connectivity index (χ1) is 14.2. The number of anilines is 1. The van der Waals surface area contributed by atoms with Crippen LogP contribution in [0.15, 0.2) is 96.1 Å². The Labute approximate surface area is 167 Å². The number of rotatable bonds is 5. The predicted molar refractivity (Wildman–Crippen MR) is 112 cm³/mol. The lowest BCUT2D eigenvalue weighted by Gasteiger charge is -2.12. The lowest BCUT2D eigenvalue weighted by Crippen LogP contribution is -2.29. The van der Waals surface area contributed by atoms with Crippen LogP contribution in [0.3, 0.4) is 0 Å². The monoisotopic (exact) mass is 382 g/mol. The first kappa shape index (κ1) is 18.3. The van der Waals surface area contributed by atoms with Gasteiger partial charge in [-0.05, 0) is 29.8 Å². The minimum atomic E-state index is -0.339. The van der Waals surface area contributed by atoms with Crippen LogP contribution in [0.1, 0.15) is 0 Å². The van der Waals surface area contributed by atoms with Crippen molar-refractivity contribution in [2.45, 2.75) is 6.54 Å². The van der Waals surface area contributed by atoms with Gasteiger partial charge in [0.1, 0.15) is 6.54 Å². The molecule has 4 aromatic rings. The summed E-state index contributed by atoms with van der Waals surface area (Å²) in [5, 5.41) is 7.22. The molecule has 1 amide bonds. The summed E-state index contributed by atoms with van der Waals surface area (Å²) < 4.78 is 1.16. The number of carbonyl (C=O) groups excluding carboxylic acids is 1. The van der Waals surface area contributed by atoms with Crippen molar-refractivity contribution >= 4 is 11.6 Å². The largest absolute Gasteiger partial charge is 0.324 e. The van der Waals surface area contributed by atoms with Crippen LogP contribution in [0.2, 0.25) is 0 Å². The number of nitrogens with one attached hydrogen (secondary N) is 1. The molecule has 0 radical (unpaired) electrons. The SMILES string of the molecule is O=C(Cn1nc(-c2ccncc2)ccc1=O)Nc1ccccc1-c1ccccc1. The molecule has 0 unspecified atom stereocenters. The third-order valence-corrected chi connectivity index (χ3v) is 4.42. The average molecular weight is 382 g/mol. The van der Waals surface area contributed by atoms with Gasteiger partial charge in [-0.1, -0.05) is 48.5 Å². The number of benzene rings is 2. The highest BCUT2D eigenvalue weighted by Crippen LogP contribution is 2.27. The maximum absolute atomic E-state index is 12.6. The van der Waals surface area contributed by atoms with E-state index in [1.54, 1.807) is 30.6 Å². The van der Waals surface area contributed by atoms with Gasteiger partial charge in [-0.15, -0.1) is 0 Å². The molecule has 2 aromatic heterocycles. The Hall–Kier alpha value is -4.06. The van der Waals surface area contributed by atoms with E-state index in [9.17, 15) is 9.59 Å². The van der Waals surface area contributed by atoms with Gasteiger partial charge in [-0.25, -0.2) is 4.68 Å². The van der Waals surface area contributed by atoms with Gasteiger partial charge in [0.2, 0.25) is 5.91 Å². The lowest BCUT2D eigenvalue weighted by molar-refractivity contribution is -0.117. The van der Waals surface area contributed by atoms with E-state index in [0.29, 0.717) is 11.4 Å². The zero-order valence-corrected chi connectivity index (χ0v) is 15.5. The molecular weight excluding hydrogens is 364 g/mol. The fourth-order valence-corrected chi connectivity index (χ4v) is 3.03. The van der Waals surface area contributed by atoms with Crippen molar-refractivity contribution in [2.75, 3.05) is 5.32 Å². The van der Waals surface area contributed by atoms with Gasteiger partial charge in [-0.2, -0.15) is 5.10 Å². The summed E-state index contributed by atoms with van der Waals surface area (Å²) in [6.07, 6.45) is 3.30. The van der Waals surface area contributed by atoms with Crippen molar-refractivity contribution in [1.29, 1.82) is 0 Å². The van der Waals surface area contributed by atoms with Gasteiger partial charge in [0.05, 0.1) is 5.69 Å². The molecule has 2 heterocycles. The standard InChI is InChI=1S/C23H18N4O2/c28-22(25-21-9-5-4-8-19(21)17-6-2-1-3-7-17)16-27-23(29)11-10-20(26-27)18-12-14-24-15-13-18/h1-15H,16H2,(H,25,28). The van der Waals surface area contributed by atoms with Gasteiger partial charge in [0, 0.05) is 35.3 Å². The fourth-order valence-electron chi connectivity index (χ4n) is 3.03. The normalized spacial score (nSPS) is 10.5. The molecule has 0 fully saturated rings. The summed E-state index contributed by atoms with van der Waals surface area (Å²) in [6, 6.07) is 24.0. The van der Waals surface area contributed by atoms with E-state index in [1.807, 2.05) is 54.6 Å². The van der Waals surface area contributed by atoms with Crippen molar-refractivity contribution in [3.05, 3.63) is 102 Å². The molecule has 0 aliphatic carbocycles. The Morgan fingerprint density at radius 3 is 2.34 bits per heavy atom. The van der Waals surface area contributed by atoms with E-state index in [2.05, 4.69) is 15.4 Å². The number of hydrogen-bond acceptors (Lipinski definition) is 4. The van der Waals surface area contributed by atoms with E-state index in [1.165, 1.54) is 6.07 Å². The first-order valence-electron chi connectivity index (χ1n) is 9.13. The molecule has 29 heavy (non-hydrogen) atoms. The summed E-state index contributed by atoms with van der Waals surface area (Å²) in [5.74, 6) is -0.324. The lowest BCUT2D eigenvalue weighted by atomic mass is 10.0. The topological polar surface area (TPSA) is 76.9 Å². The Morgan fingerprint density at radius 2 is 1.55 bits per heavy atom. The third-order valence-electron chi connectivity index (χ3n) is 4.42. The van der Waals surface area contributed by atoms with E-state index >= 15 is 0 Å². The van der Waals surface area contributed by atoms with Crippen LogP contribution in [0, 0.1) is 0 Å². The van der Waals surface area contributed by atoms with Crippen molar-refractivity contribution < 1.29 is 4.79 Å². The molecule has 142 valence electrons. The minimum absolute atomic E-state index is 0.180. The molecule has 0 saturated heterocycles. The zero-order chi connectivity index (χ0) is 20.1. The molecule has 4 rings (SSSR count). The number of carbonyl (C=O) groups is 1. The van der Waals surface area contributed by atoms with Crippen LogP contribution in [-0.2, 0) is 11.3 Å². The van der Waals surface area contributed by atoms with Gasteiger partial charge in [-0.3, -0.25) is 14.6 Å². The molecule has 0 saturated carbocycles. The summed E-state index contributed by atoms with van der Waals surface area (Å²) in [5.41, 5.74) is 3.68. The van der Waals surface area contributed by atoms with Crippen molar-refractivity contribution in [1.82, 2.24) is 14.8 Å². The van der Waals surface area contributed by atoms with Gasteiger partial charge in [0.15, 0.2) is 0 Å². The van der Waals surface area contributed by atoms with Crippen LogP contribution in [0.4, 0.5) is 5.69 Å². The second kappa shape index (κ2) is 8.31. The predicted octanol–water partition coefficient (Wildman–Crippen LogP) is 3.61. The third kappa shape index (κ3) is 4.27. The second-order valence-corrected chi connectivity index (χ2v) is 6.41. The van der Waals surface area contributed by atoms with Crippen LogP contribution in [0.25, 0.3) is 22.4 Å². The molecular formula is C23H18N4O2. The van der Waals surface area contributed by atoms with Crippen molar-refractivity contribution in [3.8, 4) is 22.4 Å². The smallest absolute Gasteiger partial charge is 0.267 e. The summed E-state index contributed by atoms with van der Waals surface area (Å²) in [4.78, 5) is 28.8. The summed E-state index contributed by atoms with van der Waals surface area (Å²) in [7, 11) is 0. The second-order valence-electron chi connectivity index (χ2n) is 6.41. The number of nitrogens with zero attached hydrogens (tertiary/aromatic N) is 3. The minimum Gasteiger partial charge on any atom is -0.324 e. The number of pyridine rings is 1. The van der Waals surface area contributed by atoms with E-state index < -0.39 is 0 Å². The van der Waals surface area contributed by atoms with Crippen LogP contribution in [0.5, 0.6) is 0 Å². The number of aromatic nitrogens is 3. The highest BCUT2D eigenvalue weighted by Gasteiger charge is 2.11. The maximum Gasteiger partial charge on any atom is 0.267 e. The number of para-hydroxylation sites is 1. The van der Waals surface area contributed by atoms with E-state index in [4.69, 9.17) is 0 Å². The fraction of sp³-hybridized carbons (Fsp3) is 0.0435. The highest BCUT2D eigenvalue weighted by atomic mass is 16.2. The molecule has 1 N–H and O–H groups in total. The van der Waals surface area contributed by atoms with Gasteiger partial charge < -0.3 is 5.32 Å². The number of amides is 1. The van der Waals surface area contributed by atoms with Crippen LogP contribution < -0.4 is 10.9 Å². The quantitative estimate of drug-likeness (QED) is 0.572. The molecule has 6 nitrogen and oxygen atoms in total. The molecule has 2 aromatic carbocycles. The Kier molecular flexibility index (Phi) is 5.25. The first-order valence-corrected chi connectivity index (χ1v) is 9.13. The molecule has 0 aliphatic heterocycles. The van der Waals surface area contributed by atoms with Gasteiger partial charge in [0.25, 0.3) is 5.56 Å². The summed E-state index contributed by atoms with van der Waals surface area (Å²) in [6.45, 7) is -0.180. The molecule has 6 heteroatoms.